The highest BCUT2D eigenvalue weighted by molar-refractivity contribution is 5.70. The van der Waals surface area contributed by atoms with Crippen molar-refractivity contribution in [1.29, 1.82) is 0 Å². The number of esters is 1. The van der Waals surface area contributed by atoms with Gasteiger partial charge >= 0.3 is 5.97 Å². The Morgan fingerprint density at radius 1 is 1.10 bits per heavy atom. The molecule has 0 saturated carbocycles. The summed E-state index contributed by atoms with van der Waals surface area (Å²) in [4.78, 5) is 16.3. The van der Waals surface area contributed by atoms with E-state index in [4.69, 9.17) is 4.74 Å². The third kappa shape index (κ3) is 3.92. The van der Waals surface area contributed by atoms with Gasteiger partial charge in [0.2, 0.25) is 0 Å². The zero-order chi connectivity index (χ0) is 14.4. The van der Waals surface area contributed by atoms with Gasteiger partial charge in [-0.15, -0.1) is 0 Å². The first-order valence-electron chi connectivity index (χ1n) is 6.82. The van der Waals surface area contributed by atoms with Crippen LogP contribution in [0.4, 0.5) is 0 Å². The van der Waals surface area contributed by atoms with E-state index in [2.05, 4.69) is 4.98 Å². The predicted octanol–water partition coefficient (Wildman–Crippen LogP) is 3.76. The van der Waals surface area contributed by atoms with Crippen LogP contribution < -0.4 is 0 Å². The van der Waals surface area contributed by atoms with Crippen molar-refractivity contribution in [3.63, 3.8) is 0 Å². The number of carbonyl (C=O) groups excluding carboxylic acids is 1. The van der Waals surface area contributed by atoms with E-state index in [1.165, 1.54) is 0 Å². The highest BCUT2D eigenvalue weighted by atomic mass is 16.5. The Balaban J connectivity index is 2.24. The molecule has 0 radical (unpaired) electrons. The van der Waals surface area contributed by atoms with E-state index in [9.17, 15) is 4.79 Å². The Bertz CT molecular complexity index is 498. The maximum atomic E-state index is 12.0. The van der Waals surface area contributed by atoms with Crippen molar-refractivity contribution in [3.05, 3.63) is 66.0 Å². The Hall–Kier alpha value is -2.16. The first-order valence-corrected chi connectivity index (χ1v) is 6.82. The second-order valence-electron chi connectivity index (χ2n) is 5.13. The molecule has 3 nitrogen and oxygen atoms in total. The van der Waals surface area contributed by atoms with Gasteiger partial charge < -0.3 is 4.74 Å². The molecule has 0 N–H and O–H groups in total. The van der Waals surface area contributed by atoms with Crippen LogP contribution in [0.3, 0.4) is 0 Å². The summed E-state index contributed by atoms with van der Waals surface area (Å²) < 4.78 is 5.63. The molecule has 0 bridgehead atoms. The Morgan fingerprint density at radius 2 is 1.80 bits per heavy atom. The van der Waals surface area contributed by atoms with Crippen LogP contribution in [0.25, 0.3) is 0 Å². The number of pyridine rings is 1. The van der Waals surface area contributed by atoms with Crippen molar-refractivity contribution >= 4 is 5.97 Å². The van der Waals surface area contributed by atoms with Crippen LogP contribution in [0, 0.1) is 5.92 Å². The molecule has 2 rings (SSSR count). The molecule has 1 aromatic carbocycles. The molecule has 0 amide bonds. The average molecular weight is 269 g/mol. The van der Waals surface area contributed by atoms with Crippen LogP contribution in [-0.2, 0) is 9.53 Å². The Kier molecular flexibility index (Phi) is 4.88. The lowest BCUT2D eigenvalue weighted by Gasteiger charge is -2.18. The highest BCUT2D eigenvalue weighted by Gasteiger charge is 2.20. The van der Waals surface area contributed by atoms with Gasteiger partial charge in [0.15, 0.2) is 6.10 Å². The number of hydrogen-bond acceptors (Lipinski definition) is 3. The molecule has 2 aromatic rings. The van der Waals surface area contributed by atoms with Crippen molar-refractivity contribution < 1.29 is 9.53 Å². The smallest absolute Gasteiger partial charge is 0.307 e. The average Bonchev–Trinajstić information content (AvgIpc) is 2.46. The summed E-state index contributed by atoms with van der Waals surface area (Å²) in [5, 5.41) is 0. The van der Waals surface area contributed by atoms with Gasteiger partial charge in [0.05, 0.1) is 5.69 Å². The molecule has 104 valence electrons. The van der Waals surface area contributed by atoms with Gasteiger partial charge in [-0.1, -0.05) is 50.2 Å². The molecule has 1 atom stereocenters. The van der Waals surface area contributed by atoms with Crippen molar-refractivity contribution in [1.82, 2.24) is 4.98 Å². The van der Waals surface area contributed by atoms with E-state index in [1.807, 2.05) is 62.4 Å². The van der Waals surface area contributed by atoms with Gasteiger partial charge in [0, 0.05) is 12.6 Å². The van der Waals surface area contributed by atoms with Crippen molar-refractivity contribution in [2.75, 3.05) is 0 Å². The van der Waals surface area contributed by atoms with E-state index >= 15 is 0 Å². The Morgan fingerprint density at radius 3 is 2.40 bits per heavy atom. The summed E-state index contributed by atoms with van der Waals surface area (Å²) in [6, 6.07) is 15.3. The van der Waals surface area contributed by atoms with E-state index in [0.29, 0.717) is 6.42 Å². The molecular weight excluding hydrogens is 250 g/mol. The summed E-state index contributed by atoms with van der Waals surface area (Å²) in [6.45, 7) is 4.00. The number of carbonyl (C=O) groups is 1. The number of aromatic nitrogens is 1. The van der Waals surface area contributed by atoms with Crippen LogP contribution in [0.1, 0.15) is 37.6 Å². The second kappa shape index (κ2) is 6.85. The molecule has 0 saturated heterocycles. The largest absolute Gasteiger partial charge is 0.451 e. The second-order valence-corrected chi connectivity index (χ2v) is 5.13. The third-order valence-electron chi connectivity index (χ3n) is 2.88. The zero-order valence-corrected chi connectivity index (χ0v) is 11.8. The van der Waals surface area contributed by atoms with Crippen LogP contribution in [-0.4, -0.2) is 11.0 Å². The minimum atomic E-state index is -0.441. The van der Waals surface area contributed by atoms with Crippen LogP contribution >= 0.6 is 0 Å². The van der Waals surface area contributed by atoms with Crippen LogP contribution in [0.5, 0.6) is 0 Å². The van der Waals surface area contributed by atoms with Crippen molar-refractivity contribution in [2.24, 2.45) is 5.92 Å². The fourth-order valence-corrected chi connectivity index (χ4v) is 1.97. The molecule has 0 aliphatic carbocycles. The molecule has 0 aliphatic heterocycles. The first-order chi connectivity index (χ1) is 9.66. The van der Waals surface area contributed by atoms with Gasteiger partial charge in [0.25, 0.3) is 0 Å². The number of ether oxygens (including phenoxy) is 1. The lowest BCUT2D eigenvalue weighted by molar-refractivity contribution is -0.148. The van der Waals surface area contributed by atoms with E-state index in [1.54, 1.807) is 6.20 Å². The summed E-state index contributed by atoms with van der Waals surface area (Å²) in [5.41, 5.74) is 1.68. The molecule has 0 spiro atoms. The predicted molar refractivity (Wildman–Crippen MR) is 78.1 cm³/mol. The molecule has 1 aromatic heterocycles. The number of benzene rings is 1. The topological polar surface area (TPSA) is 39.2 Å². The number of nitrogens with zero attached hydrogens (tertiary/aromatic N) is 1. The van der Waals surface area contributed by atoms with Gasteiger partial charge in [-0.05, 0) is 23.6 Å². The maximum absolute atomic E-state index is 12.0. The number of hydrogen-bond donors (Lipinski definition) is 0. The van der Waals surface area contributed by atoms with E-state index < -0.39 is 6.10 Å². The SMILES string of the molecule is CC(C)CC(=O)OC(c1ccccc1)c1ccccn1. The van der Waals surface area contributed by atoms with Gasteiger partial charge in [-0.3, -0.25) is 9.78 Å². The van der Waals surface area contributed by atoms with Gasteiger partial charge in [-0.25, -0.2) is 0 Å². The third-order valence-corrected chi connectivity index (χ3v) is 2.88. The highest BCUT2D eigenvalue weighted by Crippen LogP contribution is 2.25. The lowest BCUT2D eigenvalue weighted by Crippen LogP contribution is -2.15. The molecule has 20 heavy (non-hydrogen) atoms. The molecular formula is C17H19NO2. The fourth-order valence-electron chi connectivity index (χ4n) is 1.97. The molecule has 3 heteroatoms. The molecule has 0 fully saturated rings. The van der Waals surface area contributed by atoms with Gasteiger partial charge in [0.1, 0.15) is 0 Å². The lowest BCUT2D eigenvalue weighted by atomic mass is 10.1. The maximum Gasteiger partial charge on any atom is 0.307 e. The van der Waals surface area contributed by atoms with Crippen molar-refractivity contribution in [3.8, 4) is 0 Å². The summed E-state index contributed by atoms with van der Waals surface area (Å²) in [5.74, 6) is 0.0853. The summed E-state index contributed by atoms with van der Waals surface area (Å²) in [6.07, 6.45) is 1.68. The summed E-state index contributed by atoms with van der Waals surface area (Å²) >= 11 is 0. The van der Waals surface area contributed by atoms with E-state index in [0.717, 1.165) is 11.3 Å². The van der Waals surface area contributed by atoms with Crippen LogP contribution in [0.2, 0.25) is 0 Å². The number of rotatable bonds is 5. The fraction of sp³-hybridized carbons (Fsp3) is 0.294. The van der Waals surface area contributed by atoms with Crippen molar-refractivity contribution in [2.45, 2.75) is 26.4 Å². The normalized spacial score (nSPS) is 12.2. The molecule has 1 heterocycles. The molecule has 1 unspecified atom stereocenters. The summed E-state index contributed by atoms with van der Waals surface area (Å²) in [7, 11) is 0. The van der Waals surface area contributed by atoms with Crippen LogP contribution in [0.15, 0.2) is 54.7 Å². The standard InChI is InChI=1S/C17H19NO2/c1-13(2)12-16(19)20-17(14-8-4-3-5-9-14)15-10-6-7-11-18-15/h3-11,13,17H,12H2,1-2H3. The minimum Gasteiger partial charge on any atom is -0.451 e. The van der Waals surface area contributed by atoms with Gasteiger partial charge in [-0.2, -0.15) is 0 Å². The van der Waals surface area contributed by atoms with E-state index in [-0.39, 0.29) is 11.9 Å². The molecule has 0 aliphatic rings. The Labute approximate surface area is 119 Å². The monoisotopic (exact) mass is 269 g/mol. The minimum absolute atomic E-state index is 0.195. The quantitative estimate of drug-likeness (QED) is 0.776. The first kappa shape index (κ1) is 14.3. The zero-order valence-electron chi connectivity index (χ0n) is 11.8.